The van der Waals surface area contributed by atoms with E-state index in [9.17, 15) is 28.1 Å². The SMILES string of the molecule is CN(C(=O)COC(=O)c1ccc(S(C)(=O)=O)c([N+](=O)[O-])c1)c1ccccc1. The molecule has 1 amide bonds. The van der Waals surface area contributed by atoms with Crippen molar-refractivity contribution in [1.29, 1.82) is 0 Å². The van der Waals surface area contributed by atoms with Gasteiger partial charge in [0.05, 0.1) is 10.5 Å². The summed E-state index contributed by atoms with van der Waals surface area (Å²) < 4.78 is 28.1. The van der Waals surface area contributed by atoms with Crippen LogP contribution in [0.25, 0.3) is 0 Å². The molecule has 142 valence electrons. The van der Waals surface area contributed by atoms with E-state index in [1.165, 1.54) is 11.9 Å². The molecule has 0 N–H and O–H groups in total. The number of anilines is 1. The van der Waals surface area contributed by atoms with E-state index < -0.39 is 43.8 Å². The number of nitro benzene ring substituents is 1. The molecule has 0 atom stereocenters. The number of nitro groups is 1. The summed E-state index contributed by atoms with van der Waals surface area (Å²) in [5.74, 6) is -1.48. The van der Waals surface area contributed by atoms with Gasteiger partial charge in [0.15, 0.2) is 16.4 Å². The van der Waals surface area contributed by atoms with Crippen LogP contribution in [0.4, 0.5) is 11.4 Å². The maximum absolute atomic E-state index is 12.1. The zero-order valence-electron chi connectivity index (χ0n) is 14.5. The minimum atomic E-state index is -3.84. The number of amides is 1. The summed E-state index contributed by atoms with van der Waals surface area (Å²) in [4.78, 5) is 35.1. The first-order valence-corrected chi connectivity index (χ1v) is 9.47. The zero-order valence-corrected chi connectivity index (χ0v) is 15.3. The summed E-state index contributed by atoms with van der Waals surface area (Å²) in [6.45, 7) is -0.578. The van der Waals surface area contributed by atoms with Crippen LogP contribution < -0.4 is 4.90 Å². The molecule has 0 bridgehead atoms. The fourth-order valence-corrected chi connectivity index (χ4v) is 3.03. The van der Waals surface area contributed by atoms with Gasteiger partial charge in [0.2, 0.25) is 0 Å². The second-order valence-corrected chi connectivity index (χ2v) is 7.56. The molecule has 2 aromatic carbocycles. The number of sulfone groups is 1. The van der Waals surface area contributed by atoms with E-state index in [0.29, 0.717) is 5.69 Å². The average Bonchev–Trinajstić information content (AvgIpc) is 2.64. The van der Waals surface area contributed by atoms with Gasteiger partial charge in [0.25, 0.3) is 11.6 Å². The lowest BCUT2D eigenvalue weighted by Gasteiger charge is -2.17. The largest absolute Gasteiger partial charge is 0.452 e. The second kappa shape index (κ2) is 7.96. The Balaban J connectivity index is 2.13. The molecular weight excluding hydrogens is 376 g/mol. The molecule has 0 unspecified atom stereocenters. The molecule has 0 aromatic heterocycles. The fraction of sp³-hybridized carbons (Fsp3) is 0.176. The third-order valence-electron chi connectivity index (χ3n) is 3.64. The number of carbonyl (C=O) groups is 2. The van der Waals surface area contributed by atoms with Crippen molar-refractivity contribution in [3.8, 4) is 0 Å². The monoisotopic (exact) mass is 392 g/mol. The normalized spacial score (nSPS) is 10.9. The Hall–Kier alpha value is -3.27. The van der Waals surface area contributed by atoms with Crippen LogP contribution >= 0.6 is 0 Å². The highest BCUT2D eigenvalue weighted by molar-refractivity contribution is 7.90. The van der Waals surface area contributed by atoms with Gasteiger partial charge >= 0.3 is 5.97 Å². The van der Waals surface area contributed by atoms with E-state index in [0.717, 1.165) is 24.5 Å². The van der Waals surface area contributed by atoms with Crippen molar-refractivity contribution in [3.63, 3.8) is 0 Å². The van der Waals surface area contributed by atoms with Crippen LogP contribution in [0.15, 0.2) is 53.4 Å². The van der Waals surface area contributed by atoms with Crippen LogP contribution in [-0.2, 0) is 19.4 Å². The van der Waals surface area contributed by atoms with E-state index in [4.69, 9.17) is 4.74 Å². The van der Waals surface area contributed by atoms with Gasteiger partial charge in [-0.25, -0.2) is 13.2 Å². The van der Waals surface area contributed by atoms with Crippen molar-refractivity contribution < 1.29 is 27.7 Å². The number of hydrogen-bond acceptors (Lipinski definition) is 7. The lowest BCUT2D eigenvalue weighted by Crippen LogP contribution is -2.31. The first-order valence-electron chi connectivity index (χ1n) is 7.58. The molecule has 0 heterocycles. The highest BCUT2D eigenvalue weighted by Crippen LogP contribution is 2.25. The van der Waals surface area contributed by atoms with Crippen molar-refractivity contribution in [1.82, 2.24) is 0 Å². The average molecular weight is 392 g/mol. The van der Waals surface area contributed by atoms with Crippen molar-refractivity contribution >= 4 is 33.1 Å². The van der Waals surface area contributed by atoms with Crippen LogP contribution in [0, 0.1) is 10.1 Å². The summed E-state index contributed by atoms with van der Waals surface area (Å²) in [6, 6.07) is 11.5. The van der Waals surface area contributed by atoms with Gasteiger partial charge in [0.1, 0.15) is 4.90 Å². The number of nitrogens with zero attached hydrogens (tertiary/aromatic N) is 2. The Bertz CT molecular complexity index is 988. The molecule has 0 fully saturated rings. The van der Waals surface area contributed by atoms with Crippen molar-refractivity contribution in [2.45, 2.75) is 4.90 Å². The number of likely N-dealkylation sites (N-methyl/N-ethyl adjacent to an activating group) is 1. The molecule has 0 saturated carbocycles. The first kappa shape index (κ1) is 20.0. The minimum absolute atomic E-state index is 0.232. The molecule has 0 saturated heterocycles. The number of esters is 1. The number of hydrogen-bond donors (Lipinski definition) is 0. The first-order chi connectivity index (χ1) is 12.6. The van der Waals surface area contributed by atoms with E-state index in [1.54, 1.807) is 30.3 Å². The number of ether oxygens (including phenoxy) is 1. The van der Waals surface area contributed by atoms with Crippen molar-refractivity contribution in [2.75, 3.05) is 24.8 Å². The van der Waals surface area contributed by atoms with Gasteiger partial charge < -0.3 is 9.64 Å². The smallest absolute Gasteiger partial charge is 0.338 e. The molecule has 2 rings (SSSR count). The highest BCUT2D eigenvalue weighted by atomic mass is 32.2. The standard InChI is InChI=1S/C17H16N2O7S/c1-18(13-6-4-3-5-7-13)16(20)11-26-17(21)12-8-9-15(27(2,24)25)14(10-12)19(22)23/h3-10H,11H2,1-2H3. The van der Waals surface area contributed by atoms with E-state index in [1.807, 2.05) is 0 Å². The van der Waals surface area contributed by atoms with Crippen LogP contribution in [0.1, 0.15) is 10.4 Å². The topological polar surface area (TPSA) is 124 Å². The number of para-hydroxylation sites is 1. The van der Waals surface area contributed by atoms with E-state index in [-0.39, 0.29) is 5.56 Å². The molecule has 10 heteroatoms. The van der Waals surface area contributed by atoms with E-state index >= 15 is 0 Å². The molecule has 0 radical (unpaired) electrons. The lowest BCUT2D eigenvalue weighted by molar-refractivity contribution is -0.387. The summed E-state index contributed by atoms with van der Waals surface area (Å²) in [6.07, 6.45) is 0.825. The van der Waals surface area contributed by atoms with Crippen molar-refractivity contribution in [3.05, 3.63) is 64.2 Å². The lowest BCUT2D eigenvalue weighted by atomic mass is 10.2. The van der Waals surface area contributed by atoms with Crippen LogP contribution in [0.2, 0.25) is 0 Å². The maximum Gasteiger partial charge on any atom is 0.338 e. The Kier molecular flexibility index (Phi) is 5.91. The summed E-state index contributed by atoms with van der Waals surface area (Å²) >= 11 is 0. The van der Waals surface area contributed by atoms with Gasteiger partial charge in [-0.05, 0) is 24.3 Å². The third-order valence-corrected chi connectivity index (χ3v) is 4.78. The third kappa shape index (κ3) is 4.88. The summed E-state index contributed by atoms with van der Waals surface area (Å²) in [5.41, 5.74) is -0.365. The quantitative estimate of drug-likeness (QED) is 0.417. The molecule has 9 nitrogen and oxygen atoms in total. The van der Waals surface area contributed by atoms with Crippen molar-refractivity contribution in [2.24, 2.45) is 0 Å². The molecule has 0 aliphatic rings. The molecule has 2 aromatic rings. The predicted octanol–water partition coefficient (Wildman–Crippen LogP) is 1.82. The molecule has 0 spiro atoms. The number of carbonyl (C=O) groups excluding carboxylic acids is 2. The predicted molar refractivity (Wildman–Crippen MR) is 96.3 cm³/mol. The van der Waals surface area contributed by atoms with Crippen LogP contribution in [0.5, 0.6) is 0 Å². The summed E-state index contributed by atoms with van der Waals surface area (Å²) in [7, 11) is -2.33. The van der Waals surface area contributed by atoms with Gasteiger partial charge in [-0.3, -0.25) is 14.9 Å². The minimum Gasteiger partial charge on any atom is -0.452 e. The Morgan fingerprint density at radius 3 is 2.33 bits per heavy atom. The van der Waals surface area contributed by atoms with Crippen LogP contribution in [0.3, 0.4) is 0 Å². The molecular formula is C17H16N2O7S. The van der Waals surface area contributed by atoms with Gasteiger partial charge in [0, 0.05) is 25.1 Å². The van der Waals surface area contributed by atoms with Crippen LogP contribution in [-0.4, -0.2) is 45.1 Å². The summed E-state index contributed by atoms with van der Waals surface area (Å²) in [5, 5.41) is 11.1. The molecule has 0 aliphatic carbocycles. The Morgan fingerprint density at radius 2 is 1.78 bits per heavy atom. The maximum atomic E-state index is 12.1. The number of rotatable bonds is 6. The molecule has 27 heavy (non-hydrogen) atoms. The van der Waals surface area contributed by atoms with Gasteiger partial charge in [-0.15, -0.1) is 0 Å². The fourth-order valence-electron chi connectivity index (χ4n) is 2.20. The zero-order chi connectivity index (χ0) is 20.2. The Morgan fingerprint density at radius 1 is 1.15 bits per heavy atom. The van der Waals surface area contributed by atoms with Gasteiger partial charge in [-0.1, -0.05) is 18.2 Å². The van der Waals surface area contributed by atoms with E-state index in [2.05, 4.69) is 0 Å². The number of benzene rings is 2. The van der Waals surface area contributed by atoms with Gasteiger partial charge in [-0.2, -0.15) is 0 Å². The molecule has 0 aliphatic heterocycles. The Labute approximate surface area is 155 Å². The second-order valence-electron chi connectivity index (χ2n) is 5.58. The highest BCUT2D eigenvalue weighted by Gasteiger charge is 2.25.